The summed E-state index contributed by atoms with van der Waals surface area (Å²) in [5, 5.41) is 4.31. The molecule has 0 aliphatic heterocycles. The van der Waals surface area contributed by atoms with Gasteiger partial charge in [-0.15, -0.1) is 0 Å². The standard InChI is InChI=1S/C26H32IOP/c1-3-4-20-26(2,27-28)21-22-29(23-14-8-5-9-15-23,24-16-10-6-11-17-24)25-18-12-7-13-19-25/h5-19,28H,3-4,20-22H2,1-2H3. The molecule has 1 unspecified atom stereocenters. The molecule has 29 heavy (non-hydrogen) atoms. The zero-order chi connectivity index (χ0) is 20.6. The Morgan fingerprint density at radius 2 is 1.14 bits per heavy atom. The third-order valence-electron chi connectivity index (χ3n) is 5.82. The van der Waals surface area contributed by atoms with Crippen LogP contribution in [0.25, 0.3) is 0 Å². The first kappa shape index (κ1) is 22.5. The average molecular weight is 518 g/mol. The van der Waals surface area contributed by atoms with Crippen molar-refractivity contribution >= 4 is 23.2 Å². The zero-order valence-electron chi connectivity index (χ0n) is 17.5. The van der Waals surface area contributed by atoms with E-state index >= 15 is 0 Å². The Balaban J connectivity index is 2.12. The van der Waals surface area contributed by atoms with Gasteiger partial charge in [0.25, 0.3) is 0 Å². The number of hydrogen-bond donors (Lipinski definition) is 1. The second-order valence-electron chi connectivity index (χ2n) is 7.89. The second kappa shape index (κ2) is 10.7. The molecule has 0 saturated heterocycles. The van der Waals surface area contributed by atoms with Gasteiger partial charge in [0.05, 0.1) is 0 Å². The van der Waals surface area contributed by atoms with E-state index in [9.17, 15) is 3.44 Å². The second-order valence-corrected chi connectivity index (χ2v) is 14.6. The SMILES string of the molecule is CCCCC(C)(CC[P+](c1ccccc1)(c1ccccc1)c1ccccc1)[I-]O. The normalized spacial score (nSPS) is 13.9. The van der Waals surface area contributed by atoms with Gasteiger partial charge in [-0.05, 0) is 0 Å². The van der Waals surface area contributed by atoms with Gasteiger partial charge in [-0.3, -0.25) is 0 Å². The molecular formula is C26H32IOP. The van der Waals surface area contributed by atoms with Gasteiger partial charge in [0.15, 0.2) is 0 Å². The van der Waals surface area contributed by atoms with E-state index in [-0.39, 0.29) is 3.42 Å². The fourth-order valence-electron chi connectivity index (χ4n) is 4.04. The van der Waals surface area contributed by atoms with E-state index in [4.69, 9.17) is 0 Å². The van der Waals surface area contributed by atoms with Crippen molar-refractivity contribution in [1.82, 2.24) is 0 Å². The molecule has 1 nitrogen and oxygen atoms in total. The van der Waals surface area contributed by atoms with Crippen molar-refractivity contribution in [3.05, 3.63) is 91.0 Å². The minimum absolute atomic E-state index is 0.0818. The molecule has 0 saturated carbocycles. The van der Waals surface area contributed by atoms with Crippen LogP contribution < -0.4 is 37.5 Å². The van der Waals surface area contributed by atoms with Gasteiger partial charge in [0, 0.05) is 0 Å². The molecule has 0 spiro atoms. The molecule has 154 valence electrons. The first-order chi connectivity index (χ1) is 14.1. The summed E-state index contributed by atoms with van der Waals surface area (Å²) in [6.45, 7) is 4.55. The van der Waals surface area contributed by atoms with E-state index in [2.05, 4.69) is 105 Å². The summed E-state index contributed by atoms with van der Waals surface area (Å²) in [5.74, 6) is 0. The Morgan fingerprint density at radius 3 is 1.48 bits per heavy atom. The van der Waals surface area contributed by atoms with Crippen LogP contribution in [0.3, 0.4) is 0 Å². The van der Waals surface area contributed by atoms with Gasteiger partial charge < -0.3 is 0 Å². The Morgan fingerprint density at radius 1 is 0.724 bits per heavy atom. The molecule has 1 atom stereocenters. The molecule has 0 aliphatic rings. The monoisotopic (exact) mass is 518 g/mol. The number of alkyl halides is 1. The topological polar surface area (TPSA) is 20.2 Å². The summed E-state index contributed by atoms with van der Waals surface area (Å²) >= 11 is -0.802. The van der Waals surface area contributed by atoms with Crippen LogP contribution in [0, 0.1) is 0 Å². The van der Waals surface area contributed by atoms with Crippen LogP contribution >= 0.6 is 7.26 Å². The third-order valence-corrected chi connectivity index (χ3v) is 12.5. The summed E-state index contributed by atoms with van der Waals surface area (Å²) in [5.41, 5.74) is 0. The van der Waals surface area contributed by atoms with E-state index in [1.54, 1.807) is 0 Å². The van der Waals surface area contributed by atoms with Gasteiger partial charge in [-0.2, -0.15) is 0 Å². The van der Waals surface area contributed by atoms with Crippen LogP contribution in [0.15, 0.2) is 91.0 Å². The van der Waals surface area contributed by atoms with Crippen LogP contribution in [-0.2, 0) is 0 Å². The first-order valence-corrected chi connectivity index (χ1v) is 14.5. The third kappa shape index (κ3) is 5.29. The molecule has 0 amide bonds. The van der Waals surface area contributed by atoms with Crippen LogP contribution in [0.1, 0.15) is 39.5 Å². The van der Waals surface area contributed by atoms with E-state index < -0.39 is 28.9 Å². The van der Waals surface area contributed by atoms with Crippen LogP contribution in [0.2, 0.25) is 0 Å². The van der Waals surface area contributed by atoms with Crippen molar-refractivity contribution in [2.45, 2.75) is 43.0 Å². The molecule has 3 aromatic carbocycles. The molecule has 3 aromatic rings. The van der Waals surface area contributed by atoms with Gasteiger partial charge in [-0.25, -0.2) is 0 Å². The Bertz CT molecular complexity index is 757. The van der Waals surface area contributed by atoms with Crippen molar-refractivity contribution in [1.29, 1.82) is 0 Å². The average Bonchev–Trinajstić information content (AvgIpc) is 2.80. The number of rotatable bonds is 10. The molecular weight excluding hydrogens is 486 g/mol. The summed E-state index contributed by atoms with van der Waals surface area (Å²) < 4.78 is 10.4. The maximum absolute atomic E-state index is 10.3. The molecule has 1 N–H and O–H groups in total. The number of benzene rings is 3. The predicted octanol–water partition coefficient (Wildman–Crippen LogP) is 2.32. The molecule has 0 radical (unpaired) electrons. The summed E-state index contributed by atoms with van der Waals surface area (Å²) in [7, 11) is -1.79. The van der Waals surface area contributed by atoms with Crippen molar-refractivity contribution in [2.75, 3.05) is 6.16 Å². The zero-order valence-corrected chi connectivity index (χ0v) is 20.5. The first-order valence-electron chi connectivity index (χ1n) is 10.5. The van der Waals surface area contributed by atoms with E-state index in [1.165, 1.54) is 28.8 Å². The van der Waals surface area contributed by atoms with Crippen molar-refractivity contribution in [3.8, 4) is 0 Å². The van der Waals surface area contributed by atoms with Crippen molar-refractivity contribution < 1.29 is 25.1 Å². The molecule has 0 aromatic heterocycles. The van der Waals surface area contributed by atoms with Gasteiger partial charge in [0.2, 0.25) is 0 Å². The molecule has 0 heterocycles. The minimum atomic E-state index is -1.79. The van der Waals surface area contributed by atoms with E-state index in [0.717, 1.165) is 19.0 Å². The van der Waals surface area contributed by atoms with Crippen molar-refractivity contribution in [3.63, 3.8) is 0 Å². The summed E-state index contributed by atoms with van der Waals surface area (Å²) in [6.07, 6.45) is 5.69. The fraction of sp³-hybridized carbons (Fsp3) is 0.308. The Kier molecular flexibility index (Phi) is 8.29. The van der Waals surface area contributed by atoms with Gasteiger partial charge in [-0.1, -0.05) is 0 Å². The fourth-order valence-corrected chi connectivity index (χ4v) is 10.1. The number of unbranched alkanes of at least 4 members (excludes halogenated alkanes) is 1. The van der Waals surface area contributed by atoms with Crippen LogP contribution in [0.5, 0.6) is 0 Å². The van der Waals surface area contributed by atoms with E-state index in [0.29, 0.717) is 0 Å². The Hall–Kier alpha value is -1.22. The quantitative estimate of drug-likeness (QED) is 0.248. The number of halogens is 1. The van der Waals surface area contributed by atoms with E-state index in [1.807, 2.05) is 0 Å². The van der Waals surface area contributed by atoms with Gasteiger partial charge >= 0.3 is 188 Å². The summed E-state index contributed by atoms with van der Waals surface area (Å²) in [4.78, 5) is 0. The Labute approximate surface area is 187 Å². The van der Waals surface area contributed by atoms with Crippen molar-refractivity contribution in [2.24, 2.45) is 0 Å². The van der Waals surface area contributed by atoms with Crippen LogP contribution in [0.4, 0.5) is 0 Å². The molecule has 0 fully saturated rings. The number of hydrogen-bond acceptors (Lipinski definition) is 1. The molecule has 0 aliphatic carbocycles. The van der Waals surface area contributed by atoms with Gasteiger partial charge in [0.1, 0.15) is 0 Å². The predicted molar refractivity (Wildman–Crippen MR) is 125 cm³/mol. The molecule has 3 rings (SSSR count). The summed E-state index contributed by atoms with van der Waals surface area (Å²) in [6, 6.07) is 33.2. The molecule has 3 heteroatoms. The van der Waals surface area contributed by atoms with Crippen LogP contribution in [-0.4, -0.2) is 13.0 Å². The maximum atomic E-state index is 10.3. The molecule has 0 bridgehead atoms.